The first-order chi connectivity index (χ1) is 6.85. The lowest BCUT2D eigenvalue weighted by Crippen LogP contribution is -2.37. The molecule has 0 radical (unpaired) electrons. The van der Waals surface area contributed by atoms with Gasteiger partial charge < -0.3 is 5.32 Å². The number of rotatable bonds is 2. The molecule has 0 aliphatic heterocycles. The smallest absolute Gasteiger partial charge is 0.0183 e. The fourth-order valence-electron chi connectivity index (χ4n) is 3.43. The summed E-state index contributed by atoms with van der Waals surface area (Å²) in [5.74, 6) is 0.932. The molecule has 2 aliphatic rings. The van der Waals surface area contributed by atoms with Crippen LogP contribution in [-0.4, -0.2) is 12.1 Å². The first-order valence-electron chi connectivity index (χ1n) is 6.62. The Morgan fingerprint density at radius 2 is 1.60 bits per heavy atom. The third kappa shape index (κ3) is 1.84. The summed E-state index contributed by atoms with van der Waals surface area (Å²) in [6, 6.07) is 1.53. The monoisotopic (exact) mass is 209 g/mol. The van der Waals surface area contributed by atoms with E-state index in [1.165, 1.54) is 25.7 Å². The van der Waals surface area contributed by atoms with E-state index in [4.69, 9.17) is 0 Å². The van der Waals surface area contributed by atoms with E-state index in [-0.39, 0.29) is 0 Å². The van der Waals surface area contributed by atoms with Crippen molar-refractivity contribution in [2.45, 2.75) is 72.4 Å². The van der Waals surface area contributed by atoms with Crippen LogP contribution in [0.5, 0.6) is 0 Å². The predicted molar refractivity (Wildman–Crippen MR) is 65.9 cm³/mol. The lowest BCUT2D eigenvalue weighted by atomic mass is 9.87. The van der Waals surface area contributed by atoms with Crippen LogP contribution in [0.3, 0.4) is 0 Å². The number of hydrogen-bond acceptors (Lipinski definition) is 1. The standard InChI is InChI=1S/C14H27N/c1-10-7-6-8-11(9-10)15-12-13(2,3)14(12,4)5/h10-12,15H,6-9H2,1-5H3. The first-order valence-corrected chi connectivity index (χ1v) is 6.62. The lowest BCUT2D eigenvalue weighted by molar-refractivity contribution is 0.289. The van der Waals surface area contributed by atoms with Gasteiger partial charge in [0.15, 0.2) is 0 Å². The van der Waals surface area contributed by atoms with Crippen LogP contribution in [0.15, 0.2) is 0 Å². The van der Waals surface area contributed by atoms with Gasteiger partial charge in [-0.2, -0.15) is 0 Å². The summed E-state index contributed by atoms with van der Waals surface area (Å²) in [7, 11) is 0. The molecule has 2 fully saturated rings. The molecule has 0 amide bonds. The molecule has 2 aliphatic carbocycles. The van der Waals surface area contributed by atoms with E-state index >= 15 is 0 Å². The van der Waals surface area contributed by atoms with Crippen molar-refractivity contribution in [1.29, 1.82) is 0 Å². The Morgan fingerprint density at radius 3 is 2.07 bits per heavy atom. The van der Waals surface area contributed by atoms with Crippen LogP contribution in [0.2, 0.25) is 0 Å². The summed E-state index contributed by atoms with van der Waals surface area (Å²) in [5.41, 5.74) is 0.987. The summed E-state index contributed by atoms with van der Waals surface area (Å²) in [6.45, 7) is 12.0. The van der Waals surface area contributed by atoms with E-state index in [1.54, 1.807) is 0 Å². The van der Waals surface area contributed by atoms with E-state index < -0.39 is 0 Å². The number of hydrogen-bond donors (Lipinski definition) is 1. The van der Waals surface area contributed by atoms with Gasteiger partial charge in [-0.15, -0.1) is 0 Å². The SMILES string of the molecule is CC1CCCC(NC2C(C)(C)C2(C)C)C1. The van der Waals surface area contributed by atoms with Gasteiger partial charge in [-0.3, -0.25) is 0 Å². The zero-order valence-electron chi connectivity index (χ0n) is 11.1. The highest BCUT2D eigenvalue weighted by Gasteiger charge is 2.64. The quantitative estimate of drug-likeness (QED) is 0.733. The molecule has 2 atom stereocenters. The molecule has 15 heavy (non-hydrogen) atoms. The maximum absolute atomic E-state index is 3.90. The van der Waals surface area contributed by atoms with E-state index in [9.17, 15) is 0 Å². The molecule has 1 N–H and O–H groups in total. The molecule has 2 saturated carbocycles. The van der Waals surface area contributed by atoms with Crippen molar-refractivity contribution >= 4 is 0 Å². The Hall–Kier alpha value is -0.0400. The average molecular weight is 209 g/mol. The summed E-state index contributed by atoms with van der Waals surface area (Å²) in [5, 5.41) is 3.90. The topological polar surface area (TPSA) is 12.0 Å². The fourth-order valence-corrected chi connectivity index (χ4v) is 3.43. The Bertz CT molecular complexity index is 228. The second-order valence-electron chi connectivity index (χ2n) is 7.01. The molecule has 0 aromatic carbocycles. The molecule has 0 saturated heterocycles. The zero-order valence-corrected chi connectivity index (χ0v) is 11.1. The minimum absolute atomic E-state index is 0.494. The van der Waals surface area contributed by atoms with Gasteiger partial charge in [0.05, 0.1) is 0 Å². The van der Waals surface area contributed by atoms with Crippen LogP contribution >= 0.6 is 0 Å². The molecule has 0 spiro atoms. The minimum Gasteiger partial charge on any atom is -0.310 e. The molecular weight excluding hydrogens is 182 g/mol. The number of nitrogens with one attached hydrogen (secondary N) is 1. The third-order valence-corrected chi connectivity index (χ3v) is 5.36. The molecule has 2 rings (SSSR count). The van der Waals surface area contributed by atoms with Crippen molar-refractivity contribution in [3.8, 4) is 0 Å². The molecule has 0 bridgehead atoms. The molecule has 1 nitrogen and oxygen atoms in total. The van der Waals surface area contributed by atoms with Crippen LogP contribution in [0.1, 0.15) is 60.3 Å². The highest BCUT2D eigenvalue weighted by Crippen LogP contribution is 2.62. The maximum atomic E-state index is 3.90. The van der Waals surface area contributed by atoms with E-state index in [2.05, 4.69) is 39.9 Å². The fraction of sp³-hybridized carbons (Fsp3) is 1.00. The van der Waals surface area contributed by atoms with Crippen molar-refractivity contribution in [2.75, 3.05) is 0 Å². The second kappa shape index (κ2) is 3.48. The van der Waals surface area contributed by atoms with Crippen molar-refractivity contribution in [1.82, 2.24) is 5.32 Å². The van der Waals surface area contributed by atoms with Gasteiger partial charge >= 0.3 is 0 Å². The van der Waals surface area contributed by atoms with Crippen LogP contribution in [0.4, 0.5) is 0 Å². The Balaban J connectivity index is 1.88. The second-order valence-corrected chi connectivity index (χ2v) is 7.01. The molecule has 1 heteroatoms. The van der Waals surface area contributed by atoms with Crippen LogP contribution < -0.4 is 5.32 Å². The van der Waals surface area contributed by atoms with Crippen molar-refractivity contribution < 1.29 is 0 Å². The summed E-state index contributed by atoms with van der Waals surface area (Å²) in [4.78, 5) is 0. The van der Waals surface area contributed by atoms with E-state index in [0.717, 1.165) is 18.0 Å². The zero-order chi connectivity index (χ0) is 11.3. The van der Waals surface area contributed by atoms with Gasteiger partial charge in [0.25, 0.3) is 0 Å². The highest BCUT2D eigenvalue weighted by atomic mass is 15.1. The lowest BCUT2D eigenvalue weighted by Gasteiger charge is -2.28. The highest BCUT2D eigenvalue weighted by molar-refractivity contribution is 5.18. The molecule has 2 unspecified atom stereocenters. The van der Waals surface area contributed by atoms with Gasteiger partial charge in [0, 0.05) is 12.1 Å². The Labute approximate surface area is 95.0 Å². The summed E-state index contributed by atoms with van der Waals surface area (Å²) >= 11 is 0. The van der Waals surface area contributed by atoms with Gasteiger partial charge in [-0.1, -0.05) is 47.5 Å². The molecular formula is C14H27N. The predicted octanol–water partition coefficient (Wildman–Crippen LogP) is 3.59. The Kier molecular flexibility index (Phi) is 2.65. The molecule has 0 heterocycles. The van der Waals surface area contributed by atoms with E-state index in [0.29, 0.717) is 10.8 Å². The van der Waals surface area contributed by atoms with Crippen LogP contribution in [-0.2, 0) is 0 Å². The van der Waals surface area contributed by atoms with Gasteiger partial charge in [-0.25, -0.2) is 0 Å². The molecule has 88 valence electrons. The summed E-state index contributed by atoms with van der Waals surface area (Å²) < 4.78 is 0. The largest absolute Gasteiger partial charge is 0.310 e. The van der Waals surface area contributed by atoms with Gasteiger partial charge in [-0.05, 0) is 29.6 Å². The van der Waals surface area contributed by atoms with Crippen LogP contribution in [0.25, 0.3) is 0 Å². The maximum Gasteiger partial charge on any atom is 0.0183 e. The first kappa shape index (κ1) is 11.4. The van der Waals surface area contributed by atoms with Crippen molar-refractivity contribution in [2.24, 2.45) is 16.7 Å². The third-order valence-electron chi connectivity index (χ3n) is 5.36. The Morgan fingerprint density at radius 1 is 1.00 bits per heavy atom. The van der Waals surface area contributed by atoms with Crippen molar-refractivity contribution in [3.63, 3.8) is 0 Å². The van der Waals surface area contributed by atoms with Gasteiger partial charge in [0.2, 0.25) is 0 Å². The van der Waals surface area contributed by atoms with Crippen molar-refractivity contribution in [3.05, 3.63) is 0 Å². The van der Waals surface area contributed by atoms with E-state index in [1.807, 2.05) is 0 Å². The van der Waals surface area contributed by atoms with Crippen LogP contribution in [0, 0.1) is 16.7 Å². The minimum atomic E-state index is 0.494. The molecule has 0 aromatic heterocycles. The average Bonchev–Trinajstić information content (AvgIpc) is 2.48. The van der Waals surface area contributed by atoms with Gasteiger partial charge in [0.1, 0.15) is 0 Å². The molecule has 0 aromatic rings. The normalized spacial score (nSPS) is 39.0. The summed E-state index contributed by atoms with van der Waals surface area (Å²) in [6.07, 6.45) is 5.65.